The van der Waals surface area contributed by atoms with E-state index in [1.165, 1.54) is 30.2 Å². The molecule has 0 aliphatic carbocycles. The number of Topliss-reactive ketones (excluding diaryl/α,β-unsaturated/α-hetero) is 1. The van der Waals surface area contributed by atoms with Gasteiger partial charge in [-0.15, -0.1) is 0 Å². The van der Waals surface area contributed by atoms with Crippen molar-refractivity contribution in [3.8, 4) is 5.75 Å². The average molecular weight is 498 g/mol. The molecule has 9 heteroatoms. The number of aryl methyl sites for hydroxylation is 1. The number of ether oxygens (including phenoxy) is 1. The zero-order chi connectivity index (χ0) is 26.1. The number of carbonyl (C=O) groups is 3. The molecule has 1 unspecified atom stereocenters. The number of methoxy groups -OCH3 is 1. The first kappa shape index (κ1) is 23.8. The molecule has 9 nitrogen and oxygen atoms in total. The maximum atomic E-state index is 13.4. The van der Waals surface area contributed by atoms with Crippen LogP contribution in [0.15, 0.2) is 84.1 Å². The van der Waals surface area contributed by atoms with Gasteiger partial charge in [0, 0.05) is 6.42 Å². The summed E-state index contributed by atoms with van der Waals surface area (Å²) >= 11 is 0. The van der Waals surface area contributed by atoms with Gasteiger partial charge in [-0.3, -0.25) is 14.5 Å². The predicted molar refractivity (Wildman–Crippen MR) is 136 cm³/mol. The van der Waals surface area contributed by atoms with Crippen molar-refractivity contribution in [3.05, 3.63) is 101 Å². The van der Waals surface area contributed by atoms with Crippen LogP contribution in [0.25, 0.3) is 11.0 Å². The fourth-order valence-corrected chi connectivity index (χ4v) is 4.49. The maximum absolute atomic E-state index is 13.4. The zero-order valence-corrected chi connectivity index (χ0v) is 19.8. The van der Waals surface area contributed by atoms with Gasteiger partial charge in [-0.2, -0.15) is 0 Å². The smallest absolute Gasteiger partial charge is 0.335 e. The maximum Gasteiger partial charge on any atom is 0.335 e. The van der Waals surface area contributed by atoms with Gasteiger partial charge in [0.15, 0.2) is 11.5 Å². The normalized spacial score (nSPS) is 15.4. The van der Waals surface area contributed by atoms with Crippen molar-refractivity contribution in [3.63, 3.8) is 0 Å². The molecule has 0 fully saturated rings. The number of aromatic amines is 1. The summed E-state index contributed by atoms with van der Waals surface area (Å²) in [5.41, 5.74) is 2.42. The van der Waals surface area contributed by atoms with E-state index in [0.29, 0.717) is 28.8 Å². The molecule has 1 atom stereocenters. The van der Waals surface area contributed by atoms with Crippen LogP contribution in [-0.2, 0) is 16.0 Å². The molecule has 0 saturated carbocycles. The van der Waals surface area contributed by atoms with Crippen LogP contribution in [0.1, 0.15) is 33.9 Å². The van der Waals surface area contributed by atoms with Crippen LogP contribution in [0.5, 0.6) is 5.75 Å². The van der Waals surface area contributed by atoms with E-state index in [1.54, 1.807) is 24.3 Å². The van der Waals surface area contributed by atoms with Gasteiger partial charge in [-0.05, 0) is 47.9 Å². The Morgan fingerprint density at radius 2 is 1.78 bits per heavy atom. The van der Waals surface area contributed by atoms with E-state index in [9.17, 15) is 24.6 Å². The number of carbonyl (C=O) groups excluding carboxylic acids is 2. The van der Waals surface area contributed by atoms with Crippen LogP contribution in [0.2, 0.25) is 0 Å². The second kappa shape index (κ2) is 9.62. The number of ketones is 1. The van der Waals surface area contributed by atoms with E-state index in [2.05, 4.69) is 9.97 Å². The summed E-state index contributed by atoms with van der Waals surface area (Å²) in [5, 5.41) is 20.2. The molecule has 0 radical (unpaired) electrons. The molecule has 1 amide bonds. The molecule has 37 heavy (non-hydrogen) atoms. The summed E-state index contributed by atoms with van der Waals surface area (Å²) in [7, 11) is 1.53. The fourth-order valence-electron chi connectivity index (χ4n) is 4.49. The third-order valence-corrected chi connectivity index (χ3v) is 6.37. The second-order valence-electron chi connectivity index (χ2n) is 8.62. The van der Waals surface area contributed by atoms with Crippen molar-refractivity contribution in [1.82, 2.24) is 9.97 Å². The number of aromatic nitrogens is 2. The number of anilines is 1. The molecule has 3 N–H and O–H groups in total. The lowest BCUT2D eigenvalue weighted by molar-refractivity contribution is -0.118. The molecular weight excluding hydrogens is 474 g/mol. The van der Waals surface area contributed by atoms with E-state index >= 15 is 0 Å². The number of hydrogen-bond acceptors (Lipinski definition) is 6. The molecule has 4 aromatic rings. The Balaban J connectivity index is 1.56. The number of nitrogens with zero attached hydrogens (tertiary/aromatic N) is 2. The minimum absolute atomic E-state index is 0.0159. The molecule has 0 spiro atoms. The number of fused-ring (bicyclic) bond motifs is 1. The quantitative estimate of drug-likeness (QED) is 0.329. The summed E-state index contributed by atoms with van der Waals surface area (Å²) in [6.07, 6.45) is 0.544. The standard InChI is InChI=1S/C28H23N3O6/c1-37-19-11-8-17(9-12-19)24-23(22(32)14-7-16-5-3-2-4-6-16)25(33)26(34)31(24)28-29-20-13-10-18(27(35)36)15-21(20)30-28/h2-6,8-13,15,24,33H,7,14H2,1H3,(H,29,30)(H,35,36). The fraction of sp³-hybridized carbons (Fsp3) is 0.143. The number of carboxylic acid groups (broad SMARTS) is 1. The third-order valence-electron chi connectivity index (χ3n) is 6.37. The van der Waals surface area contributed by atoms with Gasteiger partial charge < -0.3 is 19.9 Å². The number of hydrogen-bond donors (Lipinski definition) is 3. The second-order valence-corrected chi connectivity index (χ2v) is 8.62. The van der Waals surface area contributed by atoms with Gasteiger partial charge >= 0.3 is 5.97 Å². The van der Waals surface area contributed by atoms with E-state index in [-0.39, 0.29) is 29.3 Å². The zero-order valence-electron chi connectivity index (χ0n) is 19.8. The van der Waals surface area contributed by atoms with Gasteiger partial charge in [0.25, 0.3) is 5.91 Å². The number of aliphatic hydroxyl groups excluding tert-OH is 1. The molecule has 0 saturated heterocycles. The van der Waals surface area contributed by atoms with Crippen molar-refractivity contribution in [2.75, 3.05) is 12.0 Å². The molecule has 186 valence electrons. The Morgan fingerprint density at radius 1 is 1.05 bits per heavy atom. The van der Waals surface area contributed by atoms with Crippen LogP contribution in [0.3, 0.4) is 0 Å². The Morgan fingerprint density at radius 3 is 2.46 bits per heavy atom. The van der Waals surface area contributed by atoms with E-state index in [4.69, 9.17) is 4.74 Å². The lowest BCUT2D eigenvalue weighted by atomic mass is 9.93. The number of aromatic carboxylic acids is 1. The number of carboxylic acids is 1. The number of benzene rings is 3. The largest absolute Gasteiger partial charge is 0.503 e. The van der Waals surface area contributed by atoms with Gasteiger partial charge in [0.1, 0.15) is 5.75 Å². The lowest BCUT2D eigenvalue weighted by Crippen LogP contribution is -2.32. The topological polar surface area (TPSA) is 133 Å². The average Bonchev–Trinajstić information content (AvgIpc) is 3.45. The lowest BCUT2D eigenvalue weighted by Gasteiger charge is -2.24. The molecule has 1 aliphatic rings. The van der Waals surface area contributed by atoms with Crippen LogP contribution in [0, 0.1) is 0 Å². The highest BCUT2D eigenvalue weighted by Crippen LogP contribution is 2.41. The van der Waals surface area contributed by atoms with Crippen molar-refractivity contribution in [2.45, 2.75) is 18.9 Å². The minimum Gasteiger partial charge on any atom is -0.503 e. The first-order chi connectivity index (χ1) is 17.9. The Kier molecular flexibility index (Phi) is 6.19. The molecule has 0 bridgehead atoms. The van der Waals surface area contributed by atoms with Gasteiger partial charge in [-0.1, -0.05) is 42.5 Å². The number of rotatable bonds is 8. The summed E-state index contributed by atoms with van der Waals surface area (Å²) in [5.74, 6) is -2.19. The van der Waals surface area contributed by atoms with Gasteiger partial charge in [0.05, 0.1) is 35.3 Å². The van der Waals surface area contributed by atoms with Crippen molar-refractivity contribution < 1.29 is 29.3 Å². The summed E-state index contributed by atoms with van der Waals surface area (Å²) in [6.45, 7) is 0. The van der Waals surface area contributed by atoms with Gasteiger partial charge in [0.2, 0.25) is 5.95 Å². The molecule has 1 aliphatic heterocycles. The van der Waals surface area contributed by atoms with Crippen LogP contribution >= 0.6 is 0 Å². The van der Waals surface area contributed by atoms with Crippen LogP contribution in [-0.4, -0.2) is 45.0 Å². The van der Waals surface area contributed by atoms with Crippen LogP contribution in [0.4, 0.5) is 5.95 Å². The highest BCUT2D eigenvalue weighted by Gasteiger charge is 2.45. The Bertz CT molecular complexity index is 1540. The molecule has 2 heterocycles. The Hall–Kier alpha value is -4.92. The Labute approximate surface area is 211 Å². The highest BCUT2D eigenvalue weighted by atomic mass is 16.5. The summed E-state index contributed by atoms with van der Waals surface area (Å²) in [4.78, 5) is 46.8. The van der Waals surface area contributed by atoms with E-state index in [1.807, 2.05) is 30.3 Å². The van der Waals surface area contributed by atoms with Crippen molar-refractivity contribution >= 4 is 34.6 Å². The van der Waals surface area contributed by atoms with E-state index in [0.717, 1.165) is 5.56 Å². The predicted octanol–water partition coefficient (Wildman–Crippen LogP) is 4.37. The first-order valence-corrected chi connectivity index (χ1v) is 11.6. The van der Waals surface area contributed by atoms with E-state index < -0.39 is 23.7 Å². The van der Waals surface area contributed by atoms with Crippen molar-refractivity contribution in [2.24, 2.45) is 0 Å². The molecular formula is C28H23N3O6. The number of amides is 1. The monoisotopic (exact) mass is 497 g/mol. The number of nitrogens with one attached hydrogen (secondary N) is 1. The highest BCUT2D eigenvalue weighted by molar-refractivity contribution is 6.16. The third kappa shape index (κ3) is 4.42. The molecule has 1 aromatic heterocycles. The van der Waals surface area contributed by atoms with Crippen LogP contribution < -0.4 is 9.64 Å². The summed E-state index contributed by atoms with van der Waals surface area (Å²) < 4.78 is 5.24. The molecule has 5 rings (SSSR count). The number of H-pyrrole nitrogens is 1. The summed E-state index contributed by atoms with van der Waals surface area (Å²) in [6, 6.07) is 19.7. The number of aliphatic hydroxyl groups is 1. The first-order valence-electron chi connectivity index (χ1n) is 11.6. The van der Waals surface area contributed by atoms with Crippen molar-refractivity contribution in [1.29, 1.82) is 0 Å². The SMILES string of the molecule is COc1ccc(C2C(C(=O)CCc3ccccc3)=C(O)C(=O)N2c2nc3ccc(C(=O)O)cc3[nH]2)cc1. The number of imidazole rings is 1. The minimum atomic E-state index is -1.10. The molecule has 3 aromatic carbocycles. The van der Waals surface area contributed by atoms with Gasteiger partial charge in [-0.25, -0.2) is 9.78 Å².